The minimum Gasteiger partial charge on any atom is -0.377 e. The zero-order valence-corrected chi connectivity index (χ0v) is 69.7. The SMILES string of the molecule is CC(C)(C)NCC(F)(F)COCC(F)(F)COC(C)(C)C.CC(C)(C)NCC(F)COCC(F)(F)COC(C)(C)C.CC(C)(C)NCCC(F)(F)COCCOCCOC(C)(C)C.CC(C)(C)NCCC(F)COCCOCCOC(C)(C)C.CC(C)(C)NCCCOCC(F)(F)COC(C)(C)C. The third-order valence-electron chi connectivity index (χ3n) is 11.7. The van der Waals surface area contributed by atoms with Crippen molar-refractivity contribution in [1.29, 1.82) is 0 Å². The van der Waals surface area contributed by atoms with Gasteiger partial charge in [-0.1, -0.05) is 0 Å². The average molecular weight is 1530 g/mol. The summed E-state index contributed by atoms with van der Waals surface area (Å²) in [6.45, 7) is 54.6. The van der Waals surface area contributed by atoms with Crippen LogP contribution in [0.3, 0.4) is 0 Å². The second-order valence-corrected chi connectivity index (χ2v) is 35.7. The molecule has 0 saturated carbocycles. The topological polar surface area (TPSA) is 171 Å². The molecule has 5 N–H and O–H groups in total. The molecule has 0 aliphatic heterocycles. The van der Waals surface area contributed by atoms with Crippen LogP contribution in [-0.4, -0.2) is 256 Å². The molecule has 0 amide bonds. The van der Waals surface area contributed by atoms with Crippen molar-refractivity contribution >= 4 is 0 Å². The molecular formula is C74H151F12N5O12. The largest absolute Gasteiger partial charge is 0.377 e. The Morgan fingerprint density at radius 1 is 0.252 bits per heavy atom. The zero-order chi connectivity index (χ0) is 81.8. The van der Waals surface area contributed by atoms with E-state index >= 15 is 0 Å². The van der Waals surface area contributed by atoms with Gasteiger partial charge in [-0.15, -0.1) is 0 Å². The number of rotatable bonds is 46. The van der Waals surface area contributed by atoms with Crippen molar-refractivity contribution in [3.63, 3.8) is 0 Å². The summed E-state index contributed by atoms with van der Waals surface area (Å²) >= 11 is 0. The van der Waals surface area contributed by atoms with Crippen molar-refractivity contribution in [3.8, 4) is 0 Å². The Morgan fingerprint density at radius 3 is 0.942 bits per heavy atom. The molecular weight excluding hydrogens is 1380 g/mol. The molecule has 29 heteroatoms. The van der Waals surface area contributed by atoms with Gasteiger partial charge in [-0.25, -0.2) is 52.7 Å². The lowest BCUT2D eigenvalue weighted by Crippen LogP contribution is -2.46. The standard InChI is InChI=1S/C16H33F2NO3.C16H34FNO3.C14H27F4NO2.C14H28F3NO2.C14H29F2NO2/c1-14(2,3)19-8-7-16(17,18)13-21-10-9-20-11-12-22-15(4,5)6;1-15(2,3)18-8-7-14(17)13-20-10-9-19-11-12-21-16(4,5)6;1-11(2,3)19-7-13(15,16)8-20-9-14(17,18)10-21-12(4,5)6;1-12(2,3)18-7-11(15)8-19-9-14(16,17)10-20-13(4,5)6;1-12(2,3)17-8-7-9-18-10-14(15,16)11-19-13(4,5)6/h19H,7-13H2,1-6H3;14,18H,7-13H2,1-6H3;19H,7-10H2,1-6H3;11,18H,7-10H2,1-6H3;17H,7-11H2,1-6H3. The van der Waals surface area contributed by atoms with E-state index in [4.69, 9.17) is 52.1 Å². The Labute approximate surface area is 617 Å². The maximum atomic E-state index is 13.5. The smallest absolute Gasteiger partial charge is 0.293 e. The lowest BCUT2D eigenvalue weighted by molar-refractivity contribution is -0.169. The van der Waals surface area contributed by atoms with E-state index in [1.807, 2.05) is 83.1 Å². The zero-order valence-electron chi connectivity index (χ0n) is 69.7. The molecule has 0 aliphatic carbocycles. The van der Waals surface area contributed by atoms with Gasteiger partial charge in [0.2, 0.25) is 0 Å². The summed E-state index contributed by atoms with van der Waals surface area (Å²) in [5.74, 6) is -15.3. The van der Waals surface area contributed by atoms with Crippen LogP contribution in [0.2, 0.25) is 0 Å². The molecule has 0 bridgehead atoms. The molecule has 103 heavy (non-hydrogen) atoms. The molecule has 0 spiro atoms. The van der Waals surface area contributed by atoms with Crippen molar-refractivity contribution in [2.45, 2.75) is 325 Å². The number of hydrogen-bond acceptors (Lipinski definition) is 17. The van der Waals surface area contributed by atoms with E-state index in [0.717, 1.165) is 6.54 Å². The lowest BCUT2D eigenvalue weighted by Gasteiger charge is -2.26. The normalized spacial score (nSPS) is 14.4. The van der Waals surface area contributed by atoms with Crippen LogP contribution in [0.5, 0.6) is 0 Å². The van der Waals surface area contributed by atoms with Crippen molar-refractivity contribution in [1.82, 2.24) is 26.6 Å². The van der Waals surface area contributed by atoms with Gasteiger partial charge in [0.25, 0.3) is 29.6 Å². The van der Waals surface area contributed by atoms with Crippen LogP contribution in [0.4, 0.5) is 52.7 Å². The number of ether oxygens (including phenoxy) is 12. The molecule has 0 saturated heterocycles. The summed E-state index contributed by atoms with van der Waals surface area (Å²) in [5.41, 5.74) is -3.01. The second-order valence-electron chi connectivity index (χ2n) is 35.7. The Kier molecular flexibility index (Phi) is 55.4. The van der Waals surface area contributed by atoms with Gasteiger partial charge >= 0.3 is 0 Å². The predicted octanol–water partition coefficient (Wildman–Crippen LogP) is 16.1. The van der Waals surface area contributed by atoms with Crippen LogP contribution in [0, 0.1) is 0 Å². The number of alkyl halides is 12. The first kappa shape index (κ1) is 110. The van der Waals surface area contributed by atoms with Gasteiger partial charge in [0.15, 0.2) is 0 Å². The van der Waals surface area contributed by atoms with Gasteiger partial charge in [0.1, 0.15) is 65.2 Å². The fraction of sp³-hybridized carbons (Fsp3) is 1.00. The Morgan fingerprint density at radius 2 is 0.553 bits per heavy atom. The minimum atomic E-state index is -3.29. The Hall–Kier alpha value is -1.52. The number of halogens is 12. The molecule has 2 unspecified atom stereocenters. The summed E-state index contributed by atoms with van der Waals surface area (Å²) in [7, 11) is 0. The van der Waals surface area contributed by atoms with Gasteiger partial charge in [0.05, 0.1) is 101 Å². The Bertz CT molecular complexity index is 1980. The molecule has 2 atom stereocenters. The van der Waals surface area contributed by atoms with Gasteiger partial charge in [-0.2, -0.15) is 0 Å². The van der Waals surface area contributed by atoms with Crippen LogP contribution in [0.1, 0.15) is 227 Å². The first-order chi connectivity index (χ1) is 45.9. The predicted molar refractivity (Wildman–Crippen MR) is 391 cm³/mol. The summed E-state index contributed by atoms with van der Waals surface area (Å²) < 4.78 is 222. The molecule has 0 rings (SSSR count). The molecule has 0 fully saturated rings. The highest BCUT2D eigenvalue weighted by Crippen LogP contribution is 2.24. The van der Waals surface area contributed by atoms with Crippen molar-refractivity contribution in [3.05, 3.63) is 0 Å². The van der Waals surface area contributed by atoms with Crippen LogP contribution >= 0.6 is 0 Å². The van der Waals surface area contributed by atoms with E-state index in [2.05, 4.69) is 72.9 Å². The fourth-order valence-corrected chi connectivity index (χ4v) is 6.62. The third-order valence-corrected chi connectivity index (χ3v) is 11.7. The van der Waals surface area contributed by atoms with Gasteiger partial charge in [0, 0.05) is 53.8 Å². The maximum Gasteiger partial charge on any atom is 0.293 e. The number of hydrogen-bond donors (Lipinski definition) is 5. The van der Waals surface area contributed by atoms with Crippen molar-refractivity contribution < 1.29 is 110 Å². The van der Waals surface area contributed by atoms with E-state index in [9.17, 15) is 52.7 Å². The summed E-state index contributed by atoms with van der Waals surface area (Å²) in [4.78, 5) is 0. The minimum absolute atomic E-state index is 0.0313. The number of nitrogens with one attached hydrogen (secondary N) is 5. The molecule has 0 radical (unpaired) electrons. The van der Waals surface area contributed by atoms with Gasteiger partial charge in [-0.05, 0) is 234 Å². The Balaban J connectivity index is -0.000000389. The second kappa shape index (κ2) is 51.9. The molecule has 0 aromatic heterocycles. The summed E-state index contributed by atoms with van der Waals surface area (Å²) in [6.07, 6.45) is -1.28. The first-order valence-electron chi connectivity index (χ1n) is 36.0. The van der Waals surface area contributed by atoms with Crippen LogP contribution in [0.15, 0.2) is 0 Å². The lowest BCUT2D eigenvalue weighted by atomic mass is 10.1. The van der Waals surface area contributed by atoms with Crippen molar-refractivity contribution in [2.24, 2.45) is 0 Å². The van der Waals surface area contributed by atoms with E-state index in [0.29, 0.717) is 72.2 Å². The van der Waals surface area contributed by atoms with E-state index in [-0.39, 0.29) is 72.7 Å². The molecule has 17 nitrogen and oxygen atoms in total. The van der Waals surface area contributed by atoms with Crippen molar-refractivity contribution in [2.75, 3.05) is 158 Å². The van der Waals surface area contributed by atoms with Crippen LogP contribution in [0.25, 0.3) is 0 Å². The van der Waals surface area contributed by atoms with Crippen LogP contribution in [-0.2, 0) is 56.8 Å². The first-order valence-corrected chi connectivity index (χ1v) is 36.0. The highest BCUT2D eigenvalue weighted by Gasteiger charge is 2.37. The summed E-state index contributed by atoms with van der Waals surface area (Å²) in [5, 5.41) is 15.1. The van der Waals surface area contributed by atoms with Gasteiger partial charge < -0.3 is 83.4 Å². The average Bonchev–Trinajstić information content (AvgIpc) is 0.905. The quantitative estimate of drug-likeness (QED) is 0.0288. The van der Waals surface area contributed by atoms with E-state index in [1.54, 1.807) is 83.1 Å². The monoisotopic (exact) mass is 1530 g/mol. The summed E-state index contributed by atoms with van der Waals surface area (Å²) in [6, 6.07) is 0. The van der Waals surface area contributed by atoms with Crippen LogP contribution < -0.4 is 26.6 Å². The molecule has 0 aromatic rings. The van der Waals surface area contributed by atoms with E-state index in [1.165, 1.54) is 0 Å². The fourth-order valence-electron chi connectivity index (χ4n) is 6.62. The highest BCUT2D eigenvalue weighted by atomic mass is 19.3. The van der Waals surface area contributed by atoms with E-state index < -0.39 is 124 Å². The maximum absolute atomic E-state index is 13.5. The molecule has 0 aromatic carbocycles. The third kappa shape index (κ3) is 100. The highest BCUT2D eigenvalue weighted by molar-refractivity contribution is 4.80. The van der Waals surface area contributed by atoms with Gasteiger partial charge in [-0.3, -0.25) is 0 Å². The molecule has 0 aliphatic rings. The molecule has 628 valence electrons. The molecule has 0 heterocycles.